The van der Waals surface area contributed by atoms with Gasteiger partial charge in [0.25, 0.3) is 0 Å². The molecule has 1 atom stereocenters. The third kappa shape index (κ3) is 4.64. The van der Waals surface area contributed by atoms with E-state index >= 15 is 0 Å². The Bertz CT molecular complexity index is 452. The van der Waals surface area contributed by atoms with Gasteiger partial charge in [0.1, 0.15) is 5.82 Å². The maximum Gasteiger partial charge on any atom is 0.147 e. The molecule has 5 heteroatoms. The van der Waals surface area contributed by atoms with Gasteiger partial charge in [-0.2, -0.15) is 0 Å². The first-order chi connectivity index (χ1) is 10.0. The van der Waals surface area contributed by atoms with E-state index in [0.717, 1.165) is 50.5 Å². The van der Waals surface area contributed by atoms with Crippen LogP contribution in [0, 0.1) is 5.92 Å². The Kier molecular flexibility index (Phi) is 5.53. The van der Waals surface area contributed by atoms with E-state index in [9.17, 15) is 0 Å². The lowest BCUT2D eigenvalue weighted by Crippen LogP contribution is -2.47. The molecule has 1 aliphatic heterocycles. The molecule has 1 saturated heterocycles. The molecule has 0 aromatic carbocycles. The minimum Gasteiger partial charge on any atom is -0.377 e. The maximum atomic E-state index is 5.65. The molecular weight excluding hydrogens is 264 g/mol. The van der Waals surface area contributed by atoms with E-state index in [1.165, 1.54) is 0 Å². The molecule has 0 saturated carbocycles. The van der Waals surface area contributed by atoms with E-state index < -0.39 is 0 Å². The molecule has 1 aliphatic rings. The van der Waals surface area contributed by atoms with E-state index in [2.05, 4.69) is 36.0 Å². The lowest BCUT2D eigenvalue weighted by atomic mass is 9.95. The fraction of sp³-hybridized carbons (Fsp3) is 0.750. The normalized spacial score (nSPS) is 22.8. The first-order valence-corrected chi connectivity index (χ1v) is 7.84. The summed E-state index contributed by atoms with van der Waals surface area (Å²) < 4.78 is 5.65. The van der Waals surface area contributed by atoms with Crippen LogP contribution >= 0.6 is 0 Å². The number of anilines is 1. The largest absolute Gasteiger partial charge is 0.377 e. The second kappa shape index (κ2) is 7.18. The van der Waals surface area contributed by atoms with Crippen LogP contribution in [0.3, 0.4) is 0 Å². The highest BCUT2D eigenvalue weighted by Crippen LogP contribution is 2.26. The van der Waals surface area contributed by atoms with E-state index in [-0.39, 0.29) is 5.60 Å². The molecule has 0 bridgehead atoms. The summed E-state index contributed by atoms with van der Waals surface area (Å²) in [7, 11) is 1.79. The molecule has 0 amide bonds. The number of piperidine rings is 1. The van der Waals surface area contributed by atoms with Gasteiger partial charge in [-0.1, -0.05) is 13.8 Å². The SMILES string of the molecule is COC1(C)CCCN(c2cncc(CNCC(C)C)n2)C1. The molecule has 2 heterocycles. The number of nitrogens with zero attached hydrogens (tertiary/aromatic N) is 3. The average molecular weight is 292 g/mol. The van der Waals surface area contributed by atoms with Gasteiger partial charge in [0.05, 0.1) is 17.5 Å². The number of methoxy groups -OCH3 is 1. The Hall–Kier alpha value is -1.20. The second-order valence-corrected chi connectivity index (χ2v) is 6.57. The van der Waals surface area contributed by atoms with Crippen LogP contribution in [0.2, 0.25) is 0 Å². The van der Waals surface area contributed by atoms with Crippen LogP contribution in [-0.2, 0) is 11.3 Å². The highest BCUT2D eigenvalue weighted by atomic mass is 16.5. The molecule has 21 heavy (non-hydrogen) atoms. The van der Waals surface area contributed by atoms with Gasteiger partial charge in [-0.3, -0.25) is 4.98 Å². The Morgan fingerprint density at radius 3 is 2.95 bits per heavy atom. The van der Waals surface area contributed by atoms with Gasteiger partial charge in [-0.15, -0.1) is 0 Å². The zero-order chi connectivity index (χ0) is 15.3. The van der Waals surface area contributed by atoms with Crippen LogP contribution in [0.25, 0.3) is 0 Å². The van der Waals surface area contributed by atoms with Crippen molar-refractivity contribution < 1.29 is 4.74 Å². The van der Waals surface area contributed by atoms with Gasteiger partial charge in [0.2, 0.25) is 0 Å². The summed E-state index contributed by atoms with van der Waals surface area (Å²) in [5.74, 6) is 1.60. The third-order valence-electron chi connectivity index (χ3n) is 4.01. The summed E-state index contributed by atoms with van der Waals surface area (Å²) in [5.41, 5.74) is 0.920. The van der Waals surface area contributed by atoms with Crippen molar-refractivity contribution in [3.8, 4) is 0 Å². The van der Waals surface area contributed by atoms with Crippen LogP contribution in [0.15, 0.2) is 12.4 Å². The second-order valence-electron chi connectivity index (χ2n) is 6.57. The molecule has 5 nitrogen and oxygen atoms in total. The molecule has 0 spiro atoms. The van der Waals surface area contributed by atoms with Crippen molar-refractivity contribution in [2.24, 2.45) is 5.92 Å². The summed E-state index contributed by atoms with van der Waals surface area (Å²) in [6, 6.07) is 0. The summed E-state index contributed by atoms with van der Waals surface area (Å²) in [4.78, 5) is 11.4. The van der Waals surface area contributed by atoms with Crippen molar-refractivity contribution in [1.82, 2.24) is 15.3 Å². The fourth-order valence-corrected chi connectivity index (χ4v) is 2.69. The van der Waals surface area contributed by atoms with Crippen LogP contribution in [0.5, 0.6) is 0 Å². The zero-order valence-corrected chi connectivity index (χ0v) is 13.7. The Morgan fingerprint density at radius 2 is 2.24 bits per heavy atom. The molecule has 1 N–H and O–H groups in total. The first-order valence-electron chi connectivity index (χ1n) is 7.84. The Morgan fingerprint density at radius 1 is 1.43 bits per heavy atom. The summed E-state index contributed by atoms with van der Waals surface area (Å²) in [6.07, 6.45) is 5.93. The average Bonchev–Trinajstić information content (AvgIpc) is 2.47. The standard InChI is InChI=1S/C16H28N4O/c1-13(2)8-17-9-14-10-18-11-15(19-14)20-7-5-6-16(3,12-20)21-4/h10-11,13,17H,5-9,12H2,1-4H3. The molecule has 0 aliphatic carbocycles. The van der Waals surface area contributed by atoms with Crippen LogP contribution in [0.1, 0.15) is 39.3 Å². The highest BCUT2D eigenvalue weighted by Gasteiger charge is 2.31. The number of hydrogen-bond acceptors (Lipinski definition) is 5. The summed E-state index contributed by atoms with van der Waals surface area (Å²) >= 11 is 0. The van der Waals surface area contributed by atoms with E-state index in [0.29, 0.717) is 5.92 Å². The van der Waals surface area contributed by atoms with Crippen LogP contribution in [-0.4, -0.2) is 42.3 Å². The van der Waals surface area contributed by atoms with Crippen molar-refractivity contribution in [2.75, 3.05) is 31.6 Å². The van der Waals surface area contributed by atoms with Gasteiger partial charge in [0.15, 0.2) is 0 Å². The Labute approximate surface area is 128 Å². The number of hydrogen-bond donors (Lipinski definition) is 1. The summed E-state index contributed by atoms with van der Waals surface area (Å²) in [6.45, 7) is 10.2. The van der Waals surface area contributed by atoms with E-state index in [1.807, 2.05) is 12.4 Å². The van der Waals surface area contributed by atoms with Crippen LogP contribution < -0.4 is 10.2 Å². The lowest BCUT2D eigenvalue weighted by molar-refractivity contribution is -0.00483. The molecule has 1 aromatic rings. The van der Waals surface area contributed by atoms with E-state index in [1.54, 1.807) is 7.11 Å². The third-order valence-corrected chi connectivity index (χ3v) is 4.01. The molecule has 1 fully saturated rings. The van der Waals surface area contributed by atoms with Crippen molar-refractivity contribution in [3.05, 3.63) is 18.1 Å². The topological polar surface area (TPSA) is 50.3 Å². The predicted molar refractivity (Wildman–Crippen MR) is 85.4 cm³/mol. The van der Waals surface area contributed by atoms with Crippen LogP contribution in [0.4, 0.5) is 5.82 Å². The minimum absolute atomic E-state index is 0.0776. The number of rotatable bonds is 6. The zero-order valence-electron chi connectivity index (χ0n) is 13.7. The van der Waals surface area contributed by atoms with Gasteiger partial charge in [-0.25, -0.2) is 4.98 Å². The van der Waals surface area contributed by atoms with E-state index in [4.69, 9.17) is 9.72 Å². The monoisotopic (exact) mass is 292 g/mol. The quantitative estimate of drug-likeness (QED) is 0.871. The highest BCUT2D eigenvalue weighted by molar-refractivity contribution is 5.37. The van der Waals surface area contributed by atoms with Gasteiger partial charge in [0, 0.05) is 32.9 Å². The van der Waals surface area contributed by atoms with Gasteiger partial charge >= 0.3 is 0 Å². The molecule has 0 radical (unpaired) electrons. The molecular formula is C16H28N4O. The van der Waals surface area contributed by atoms with Crippen molar-refractivity contribution in [2.45, 2.75) is 45.8 Å². The number of nitrogens with one attached hydrogen (secondary N) is 1. The number of ether oxygens (including phenoxy) is 1. The van der Waals surface area contributed by atoms with Crippen molar-refractivity contribution in [3.63, 3.8) is 0 Å². The Balaban J connectivity index is 1.99. The molecule has 118 valence electrons. The van der Waals surface area contributed by atoms with Gasteiger partial charge < -0.3 is 15.0 Å². The molecule has 2 rings (SSSR count). The van der Waals surface area contributed by atoms with Gasteiger partial charge in [-0.05, 0) is 32.2 Å². The van der Waals surface area contributed by atoms with Crippen molar-refractivity contribution >= 4 is 5.82 Å². The number of aromatic nitrogens is 2. The predicted octanol–water partition coefficient (Wildman–Crippen LogP) is 2.23. The van der Waals surface area contributed by atoms with Crippen molar-refractivity contribution in [1.29, 1.82) is 0 Å². The smallest absolute Gasteiger partial charge is 0.147 e. The lowest BCUT2D eigenvalue weighted by Gasteiger charge is -2.40. The first kappa shape index (κ1) is 16.2. The molecule has 1 unspecified atom stereocenters. The maximum absolute atomic E-state index is 5.65. The molecule has 1 aromatic heterocycles. The summed E-state index contributed by atoms with van der Waals surface area (Å²) in [5, 5.41) is 3.41. The minimum atomic E-state index is -0.0776. The fourth-order valence-electron chi connectivity index (χ4n) is 2.69.